The van der Waals surface area contributed by atoms with E-state index in [-0.39, 0.29) is 0 Å². The summed E-state index contributed by atoms with van der Waals surface area (Å²) in [5.41, 5.74) is 4.26. The summed E-state index contributed by atoms with van der Waals surface area (Å²) in [6.45, 7) is 5.87. The Kier molecular flexibility index (Phi) is 6.83. The largest absolute Gasteiger partial charge is 0.387 e. The van der Waals surface area contributed by atoms with Crippen molar-refractivity contribution in [1.82, 2.24) is 4.90 Å². The van der Waals surface area contributed by atoms with Crippen molar-refractivity contribution in [3.05, 3.63) is 108 Å². The molecule has 0 aliphatic carbocycles. The maximum Gasteiger partial charge on any atom is 0.0917 e. The van der Waals surface area contributed by atoms with Crippen LogP contribution >= 0.6 is 11.6 Å². The van der Waals surface area contributed by atoms with Gasteiger partial charge in [-0.2, -0.15) is 0 Å². The van der Waals surface area contributed by atoms with Crippen molar-refractivity contribution in [3.8, 4) is 11.1 Å². The summed E-state index contributed by atoms with van der Waals surface area (Å²) in [6.07, 6.45) is 1.35. The van der Waals surface area contributed by atoms with Crippen LogP contribution in [0.15, 0.2) is 91.5 Å². The highest BCUT2D eigenvalue weighted by molar-refractivity contribution is 6.33. The second kappa shape index (κ2) is 9.52. The molecule has 0 aliphatic rings. The lowest BCUT2D eigenvalue weighted by Gasteiger charge is -2.24. The van der Waals surface area contributed by atoms with E-state index in [1.165, 1.54) is 5.56 Å². The van der Waals surface area contributed by atoms with Gasteiger partial charge >= 0.3 is 0 Å². The first-order valence-corrected chi connectivity index (χ1v) is 9.45. The van der Waals surface area contributed by atoms with E-state index in [2.05, 4.69) is 35.7 Å². The van der Waals surface area contributed by atoms with Crippen LogP contribution in [0.3, 0.4) is 0 Å². The van der Waals surface area contributed by atoms with Gasteiger partial charge in [-0.15, -0.1) is 6.58 Å². The van der Waals surface area contributed by atoms with Crippen molar-refractivity contribution in [3.63, 3.8) is 0 Å². The molecule has 0 heterocycles. The van der Waals surface area contributed by atoms with Gasteiger partial charge in [-0.25, -0.2) is 0 Å². The Bertz CT molecular complexity index is 861. The summed E-state index contributed by atoms with van der Waals surface area (Å²) in [5.74, 6) is 0. The van der Waals surface area contributed by atoms with E-state index in [9.17, 15) is 5.11 Å². The van der Waals surface area contributed by atoms with E-state index >= 15 is 0 Å². The maximum atomic E-state index is 10.5. The first-order valence-electron chi connectivity index (χ1n) is 9.07. The number of halogens is 1. The molecule has 138 valence electrons. The van der Waals surface area contributed by atoms with Crippen LogP contribution in [-0.2, 0) is 6.54 Å². The minimum absolute atomic E-state index is 0.520. The van der Waals surface area contributed by atoms with Gasteiger partial charge in [-0.3, -0.25) is 4.90 Å². The molecule has 0 radical (unpaired) electrons. The van der Waals surface area contributed by atoms with Crippen LogP contribution in [-0.4, -0.2) is 23.1 Å². The molecule has 3 heteroatoms. The van der Waals surface area contributed by atoms with Gasteiger partial charge < -0.3 is 5.11 Å². The fourth-order valence-corrected chi connectivity index (χ4v) is 3.40. The van der Waals surface area contributed by atoms with Crippen LogP contribution in [0.5, 0.6) is 0 Å². The Morgan fingerprint density at radius 3 is 2.26 bits per heavy atom. The molecule has 3 aromatic carbocycles. The summed E-state index contributed by atoms with van der Waals surface area (Å²) < 4.78 is 0. The highest BCUT2D eigenvalue weighted by Crippen LogP contribution is 2.27. The SMILES string of the molecule is C=CCN(Cc1ccc(-c2ccccc2Cl)cc1)C[C@@H](O)c1ccccc1. The molecular formula is C24H24ClNO. The minimum Gasteiger partial charge on any atom is -0.387 e. The molecule has 3 aromatic rings. The summed E-state index contributed by atoms with van der Waals surface area (Å²) in [6, 6.07) is 26.0. The van der Waals surface area contributed by atoms with Crippen molar-refractivity contribution >= 4 is 11.6 Å². The number of nitrogens with zero attached hydrogens (tertiary/aromatic N) is 1. The van der Waals surface area contributed by atoms with Crippen LogP contribution in [0.4, 0.5) is 0 Å². The van der Waals surface area contributed by atoms with Gasteiger partial charge in [0.1, 0.15) is 0 Å². The first kappa shape index (κ1) is 19.4. The zero-order valence-corrected chi connectivity index (χ0v) is 16.0. The highest BCUT2D eigenvalue weighted by atomic mass is 35.5. The zero-order valence-electron chi connectivity index (χ0n) is 15.3. The van der Waals surface area contributed by atoms with Crippen LogP contribution in [0.1, 0.15) is 17.2 Å². The third-order valence-corrected chi connectivity index (χ3v) is 4.88. The predicted octanol–water partition coefficient (Wildman–Crippen LogP) is 5.73. The Morgan fingerprint density at radius 1 is 0.926 bits per heavy atom. The molecular weight excluding hydrogens is 354 g/mol. The quantitative estimate of drug-likeness (QED) is 0.507. The van der Waals surface area contributed by atoms with E-state index in [1.54, 1.807) is 0 Å². The minimum atomic E-state index is -0.520. The normalized spacial score (nSPS) is 12.1. The Morgan fingerprint density at radius 2 is 1.59 bits per heavy atom. The average molecular weight is 378 g/mol. The monoisotopic (exact) mass is 377 g/mol. The smallest absolute Gasteiger partial charge is 0.0917 e. The molecule has 0 amide bonds. The molecule has 0 spiro atoms. The topological polar surface area (TPSA) is 23.5 Å². The van der Waals surface area contributed by atoms with Gasteiger partial charge in [-0.1, -0.05) is 90.5 Å². The van der Waals surface area contributed by atoms with E-state index in [4.69, 9.17) is 11.6 Å². The lowest BCUT2D eigenvalue weighted by Crippen LogP contribution is -2.28. The number of hydrogen-bond donors (Lipinski definition) is 1. The van der Waals surface area contributed by atoms with Gasteiger partial charge in [0.05, 0.1) is 6.10 Å². The number of benzene rings is 3. The molecule has 0 aliphatic heterocycles. The van der Waals surface area contributed by atoms with E-state index < -0.39 is 6.10 Å². The number of aliphatic hydroxyl groups is 1. The maximum absolute atomic E-state index is 10.5. The van der Waals surface area contributed by atoms with Crippen LogP contribution in [0, 0.1) is 0 Å². The first-order chi connectivity index (χ1) is 13.2. The average Bonchev–Trinajstić information content (AvgIpc) is 2.70. The zero-order chi connectivity index (χ0) is 19.1. The molecule has 0 saturated carbocycles. The molecule has 0 fully saturated rings. The number of rotatable bonds is 8. The fourth-order valence-electron chi connectivity index (χ4n) is 3.15. The molecule has 0 unspecified atom stereocenters. The third kappa shape index (κ3) is 5.30. The number of aliphatic hydroxyl groups excluding tert-OH is 1. The van der Waals surface area contributed by atoms with E-state index in [0.29, 0.717) is 6.54 Å². The summed E-state index contributed by atoms with van der Waals surface area (Å²) in [4.78, 5) is 2.19. The van der Waals surface area contributed by atoms with Crippen LogP contribution in [0.2, 0.25) is 5.02 Å². The Hall–Kier alpha value is -2.39. The molecule has 0 aromatic heterocycles. The third-order valence-electron chi connectivity index (χ3n) is 4.55. The second-order valence-electron chi connectivity index (χ2n) is 6.59. The van der Waals surface area contributed by atoms with Crippen molar-refractivity contribution < 1.29 is 5.11 Å². The summed E-state index contributed by atoms with van der Waals surface area (Å²) in [5, 5.41) is 11.3. The fraction of sp³-hybridized carbons (Fsp3) is 0.167. The predicted molar refractivity (Wildman–Crippen MR) is 114 cm³/mol. The van der Waals surface area contributed by atoms with Gasteiger partial charge in [0.15, 0.2) is 0 Å². The van der Waals surface area contributed by atoms with Crippen LogP contribution in [0.25, 0.3) is 11.1 Å². The van der Waals surface area contributed by atoms with Crippen molar-refractivity contribution in [1.29, 1.82) is 0 Å². The molecule has 2 nitrogen and oxygen atoms in total. The number of hydrogen-bond acceptors (Lipinski definition) is 2. The molecule has 3 rings (SSSR count). The van der Waals surface area contributed by atoms with Crippen LogP contribution < -0.4 is 0 Å². The van der Waals surface area contributed by atoms with Gasteiger partial charge in [-0.05, 0) is 22.8 Å². The molecule has 1 N–H and O–H groups in total. The summed E-state index contributed by atoms with van der Waals surface area (Å²) >= 11 is 6.29. The molecule has 0 bridgehead atoms. The van der Waals surface area contributed by atoms with Gasteiger partial charge in [0.2, 0.25) is 0 Å². The standard InChI is InChI=1S/C24H24ClNO/c1-2-16-26(18-24(27)21-8-4-3-5-9-21)17-19-12-14-20(15-13-19)22-10-6-7-11-23(22)25/h2-15,24,27H,1,16-18H2/t24-/m1/s1. The molecule has 0 saturated heterocycles. The molecule has 1 atom stereocenters. The lowest BCUT2D eigenvalue weighted by molar-refractivity contribution is 0.116. The highest BCUT2D eigenvalue weighted by Gasteiger charge is 2.13. The summed E-state index contributed by atoms with van der Waals surface area (Å²) in [7, 11) is 0. The van der Waals surface area contributed by atoms with Crippen molar-refractivity contribution in [2.45, 2.75) is 12.6 Å². The Balaban J connectivity index is 1.69. The van der Waals surface area contributed by atoms with E-state index in [1.807, 2.05) is 60.7 Å². The van der Waals surface area contributed by atoms with Gasteiger partial charge in [0.25, 0.3) is 0 Å². The van der Waals surface area contributed by atoms with E-state index in [0.717, 1.165) is 34.8 Å². The van der Waals surface area contributed by atoms with Crippen molar-refractivity contribution in [2.75, 3.05) is 13.1 Å². The molecule has 27 heavy (non-hydrogen) atoms. The second-order valence-corrected chi connectivity index (χ2v) is 6.99. The van der Waals surface area contributed by atoms with Gasteiger partial charge in [0, 0.05) is 30.2 Å². The van der Waals surface area contributed by atoms with Crippen molar-refractivity contribution in [2.24, 2.45) is 0 Å². The lowest BCUT2D eigenvalue weighted by atomic mass is 10.0. The Labute approximate surface area is 166 Å².